The Labute approximate surface area is 176 Å². The summed E-state index contributed by atoms with van der Waals surface area (Å²) >= 11 is 1.30. The van der Waals surface area contributed by atoms with Gasteiger partial charge in [0.05, 0.1) is 18.5 Å². The highest BCUT2D eigenvalue weighted by Crippen LogP contribution is 2.36. The second-order valence-electron chi connectivity index (χ2n) is 6.52. The van der Waals surface area contributed by atoms with Crippen molar-refractivity contribution < 1.29 is 18.7 Å². The largest absolute Gasteiger partial charge is 0.467 e. The molecule has 30 heavy (non-hydrogen) atoms. The molecule has 0 radical (unpaired) electrons. The summed E-state index contributed by atoms with van der Waals surface area (Å²) in [4.78, 5) is 18.3. The van der Waals surface area contributed by atoms with Crippen LogP contribution in [0.5, 0.6) is 11.5 Å². The molecule has 0 saturated heterocycles. The average molecular weight is 419 g/mol. The van der Waals surface area contributed by atoms with Gasteiger partial charge in [0.15, 0.2) is 16.6 Å². The summed E-state index contributed by atoms with van der Waals surface area (Å²) < 4.78 is 16.1. The van der Waals surface area contributed by atoms with E-state index < -0.39 is 0 Å². The third kappa shape index (κ3) is 3.72. The van der Waals surface area contributed by atoms with Crippen molar-refractivity contribution >= 4 is 28.1 Å². The first kappa shape index (κ1) is 18.3. The van der Waals surface area contributed by atoms with Crippen LogP contribution in [0.1, 0.15) is 15.4 Å². The van der Waals surface area contributed by atoms with E-state index in [9.17, 15) is 4.79 Å². The minimum atomic E-state index is -0.240. The first-order valence-electron chi connectivity index (χ1n) is 9.30. The molecule has 8 heteroatoms. The van der Waals surface area contributed by atoms with Crippen LogP contribution in [0.15, 0.2) is 71.3 Å². The number of ether oxygens (including phenoxy) is 2. The fraction of sp³-hybridized carbons (Fsp3) is 0.0909. The molecule has 5 rings (SSSR count). The summed E-state index contributed by atoms with van der Waals surface area (Å²) in [5, 5.41) is 6.80. The van der Waals surface area contributed by atoms with Gasteiger partial charge in [-0.1, -0.05) is 41.7 Å². The maximum absolute atomic E-state index is 13.1. The van der Waals surface area contributed by atoms with Crippen molar-refractivity contribution in [2.24, 2.45) is 0 Å². The second kappa shape index (κ2) is 7.92. The molecule has 1 aliphatic rings. The summed E-state index contributed by atoms with van der Waals surface area (Å²) in [6.45, 7) is 0.669. The number of carbonyl (C=O) groups excluding carboxylic acids is 1. The number of carbonyl (C=O) groups is 1. The lowest BCUT2D eigenvalue weighted by Gasteiger charge is -2.06. The SMILES string of the molecule is O=C(Nc1ccc2c(c1)OCO2)c1sc(NCc2ccco2)nc1-c1ccccc1. The highest BCUT2D eigenvalue weighted by molar-refractivity contribution is 7.18. The molecule has 3 heterocycles. The van der Waals surface area contributed by atoms with Crippen LogP contribution in [0.2, 0.25) is 0 Å². The Morgan fingerprint density at radius 3 is 2.73 bits per heavy atom. The highest BCUT2D eigenvalue weighted by Gasteiger charge is 2.21. The number of hydrogen-bond acceptors (Lipinski definition) is 7. The van der Waals surface area contributed by atoms with Gasteiger partial charge in [0.2, 0.25) is 6.79 Å². The third-order valence-corrected chi connectivity index (χ3v) is 5.52. The number of hydrogen-bond donors (Lipinski definition) is 2. The second-order valence-corrected chi connectivity index (χ2v) is 7.52. The van der Waals surface area contributed by atoms with Gasteiger partial charge in [0, 0.05) is 17.3 Å². The monoisotopic (exact) mass is 419 g/mol. The molecule has 0 fully saturated rings. The van der Waals surface area contributed by atoms with Crippen LogP contribution in [0.4, 0.5) is 10.8 Å². The lowest BCUT2D eigenvalue weighted by Crippen LogP contribution is -2.11. The molecule has 1 amide bonds. The zero-order valence-corrected chi connectivity index (χ0v) is 16.6. The summed E-state index contributed by atoms with van der Waals surface area (Å²) in [5.74, 6) is 1.83. The summed E-state index contributed by atoms with van der Waals surface area (Å²) in [6, 6.07) is 18.7. The van der Waals surface area contributed by atoms with Crippen LogP contribution in [0.25, 0.3) is 11.3 Å². The van der Waals surface area contributed by atoms with E-state index in [0.29, 0.717) is 39.4 Å². The van der Waals surface area contributed by atoms with Gasteiger partial charge in [-0.3, -0.25) is 4.79 Å². The van der Waals surface area contributed by atoms with Gasteiger partial charge in [-0.2, -0.15) is 0 Å². The lowest BCUT2D eigenvalue weighted by atomic mass is 10.1. The topological polar surface area (TPSA) is 85.6 Å². The Bertz CT molecular complexity index is 1170. The van der Waals surface area contributed by atoms with E-state index in [0.717, 1.165) is 11.3 Å². The van der Waals surface area contributed by atoms with Gasteiger partial charge < -0.3 is 24.5 Å². The normalized spacial score (nSPS) is 12.0. The number of amides is 1. The van der Waals surface area contributed by atoms with Crippen LogP contribution in [0.3, 0.4) is 0 Å². The van der Waals surface area contributed by atoms with Crippen molar-refractivity contribution in [2.75, 3.05) is 17.4 Å². The van der Waals surface area contributed by atoms with Crippen LogP contribution >= 0.6 is 11.3 Å². The molecule has 7 nitrogen and oxygen atoms in total. The molecule has 4 aromatic rings. The Hall–Kier alpha value is -3.78. The minimum absolute atomic E-state index is 0.185. The van der Waals surface area contributed by atoms with E-state index in [1.165, 1.54) is 11.3 Å². The number of nitrogens with one attached hydrogen (secondary N) is 2. The van der Waals surface area contributed by atoms with Gasteiger partial charge in [-0.15, -0.1) is 0 Å². The molecular formula is C22H17N3O4S. The van der Waals surface area contributed by atoms with Gasteiger partial charge in [0.1, 0.15) is 10.6 Å². The van der Waals surface area contributed by atoms with E-state index in [-0.39, 0.29) is 12.7 Å². The molecule has 0 unspecified atom stereocenters. The van der Waals surface area contributed by atoms with Crippen LogP contribution in [0, 0.1) is 0 Å². The zero-order chi connectivity index (χ0) is 20.3. The molecule has 0 aliphatic carbocycles. The van der Waals surface area contributed by atoms with Crippen molar-refractivity contribution in [1.82, 2.24) is 4.98 Å². The fourth-order valence-electron chi connectivity index (χ4n) is 3.08. The maximum atomic E-state index is 13.1. The number of fused-ring (bicyclic) bond motifs is 1. The van der Waals surface area contributed by atoms with Gasteiger partial charge in [-0.25, -0.2) is 4.98 Å². The molecule has 2 aromatic heterocycles. The molecule has 0 bridgehead atoms. The lowest BCUT2D eigenvalue weighted by molar-refractivity contribution is 0.103. The maximum Gasteiger partial charge on any atom is 0.268 e. The summed E-state index contributed by atoms with van der Waals surface area (Å²) in [6.07, 6.45) is 1.62. The number of rotatable bonds is 6. The van der Waals surface area contributed by atoms with E-state index in [2.05, 4.69) is 15.6 Å². The summed E-state index contributed by atoms with van der Waals surface area (Å²) in [7, 11) is 0. The number of benzene rings is 2. The van der Waals surface area contributed by atoms with Crippen molar-refractivity contribution in [3.8, 4) is 22.8 Å². The van der Waals surface area contributed by atoms with Crippen LogP contribution in [-0.2, 0) is 6.54 Å². The number of thiazole rings is 1. The van der Waals surface area contributed by atoms with E-state index in [1.807, 2.05) is 42.5 Å². The van der Waals surface area contributed by atoms with Crippen molar-refractivity contribution in [2.45, 2.75) is 6.54 Å². The number of anilines is 2. The minimum Gasteiger partial charge on any atom is -0.467 e. The molecule has 0 atom stereocenters. The van der Waals surface area contributed by atoms with Crippen molar-refractivity contribution in [1.29, 1.82) is 0 Å². The molecular weight excluding hydrogens is 402 g/mol. The molecule has 2 N–H and O–H groups in total. The Kier molecular flexibility index (Phi) is 4.82. The number of nitrogens with zero attached hydrogens (tertiary/aromatic N) is 1. The van der Waals surface area contributed by atoms with Gasteiger partial charge >= 0.3 is 0 Å². The average Bonchev–Trinajstić information content (AvgIpc) is 3.53. The van der Waals surface area contributed by atoms with Crippen LogP contribution in [-0.4, -0.2) is 17.7 Å². The predicted molar refractivity (Wildman–Crippen MR) is 114 cm³/mol. The van der Waals surface area contributed by atoms with Crippen molar-refractivity contribution in [3.05, 3.63) is 77.6 Å². The number of furan rings is 1. The number of aromatic nitrogens is 1. The fourth-order valence-corrected chi connectivity index (χ4v) is 3.96. The summed E-state index contributed by atoms with van der Waals surface area (Å²) in [5.41, 5.74) is 2.12. The molecule has 0 spiro atoms. The van der Waals surface area contributed by atoms with E-state index in [1.54, 1.807) is 24.5 Å². The molecule has 2 aromatic carbocycles. The molecule has 150 valence electrons. The quantitative estimate of drug-likeness (QED) is 0.458. The van der Waals surface area contributed by atoms with Crippen molar-refractivity contribution in [3.63, 3.8) is 0 Å². The smallest absolute Gasteiger partial charge is 0.268 e. The first-order valence-corrected chi connectivity index (χ1v) is 10.1. The van der Waals surface area contributed by atoms with Crippen LogP contribution < -0.4 is 20.1 Å². The highest BCUT2D eigenvalue weighted by atomic mass is 32.1. The first-order chi connectivity index (χ1) is 14.8. The van der Waals surface area contributed by atoms with E-state index >= 15 is 0 Å². The zero-order valence-electron chi connectivity index (χ0n) is 15.8. The van der Waals surface area contributed by atoms with E-state index in [4.69, 9.17) is 13.9 Å². The molecule has 1 aliphatic heterocycles. The molecule has 0 saturated carbocycles. The Morgan fingerprint density at radius 2 is 1.90 bits per heavy atom. The van der Waals surface area contributed by atoms with Gasteiger partial charge in [0.25, 0.3) is 5.91 Å². The predicted octanol–water partition coefficient (Wildman–Crippen LogP) is 5.00. The third-order valence-electron chi connectivity index (χ3n) is 4.51. The van der Waals surface area contributed by atoms with Gasteiger partial charge in [-0.05, 0) is 24.3 Å². The Morgan fingerprint density at radius 1 is 1.03 bits per heavy atom. The standard InChI is InChI=1S/C22H17N3O4S/c26-21(24-15-8-9-17-18(11-15)29-13-28-17)20-19(14-5-2-1-3-6-14)25-22(30-20)23-12-16-7-4-10-27-16/h1-11H,12-13H2,(H,23,25)(H,24,26). The Balaban J connectivity index is 1.42.